The lowest BCUT2D eigenvalue weighted by Crippen LogP contribution is -2.51. The summed E-state index contributed by atoms with van der Waals surface area (Å²) < 4.78 is 22.8. The van der Waals surface area contributed by atoms with Crippen LogP contribution in [0.1, 0.15) is 17.5 Å². The van der Waals surface area contributed by atoms with E-state index in [9.17, 15) is 18.8 Å². The summed E-state index contributed by atoms with van der Waals surface area (Å²) >= 11 is 0. The Morgan fingerprint density at radius 3 is 2.52 bits per heavy atom. The molecule has 0 bridgehead atoms. The van der Waals surface area contributed by atoms with Gasteiger partial charge in [-0.15, -0.1) is 0 Å². The van der Waals surface area contributed by atoms with E-state index < -0.39 is 29.6 Å². The largest absolute Gasteiger partial charge is 0.484 e. The molecule has 25 heavy (non-hydrogen) atoms. The highest BCUT2D eigenvalue weighted by Gasteiger charge is 2.18. The Balaban J connectivity index is 1.70. The summed E-state index contributed by atoms with van der Waals surface area (Å²) in [5.41, 5.74) is 4.30. The van der Waals surface area contributed by atoms with Gasteiger partial charge in [0.25, 0.3) is 17.7 Å². The van der Waals surface area contributed by atoms with Crippen LogP contribution in [0.4, 0.5) is 4.39 Å². The van der Waals surface area contributed by atoms with E-state index in [1.54, 1.807) is 6.07 Å². The SMILES string of the molecule is C[C@@H](NC(=O)c1ccco1)C(=O)NNC(=O)COc1ccc(F)cc1. The molecule has 0 aliphatic carbocycles. The van der Waals surface area contributed by atoms with Crippen molar-refractivity contribution in [3.63, 3.8) is 0 Å². The molecule has 0 saturated heterocycles. The molecule has 9 heteroatoms. The summed E-state index contributed by atoms with van der Waals surface area (Å²) in [6.07, 6.45) is 1.33. The highest BCUT2D eigenvalue weighted by molar-refractivity contribution is 5.95. The van der Waals surface area contributed by atoms with E-state index in [0.717, 1.165) is 0 Å². The number of benzene rings is 1. The molecule has 0 unspecified atom stereocenters. The Kier molecular flexibility index (Phi) is 6.10. The Morgan fingerprint density at radius 2 is 1.88 bits per heavy atom. The van der Waals surface area contributed by atoms with Gasteiger partial charge in [-0.05, 0) is 43.3 Å². The van der Waals surface area contributed by atoms with E-state index in [0.29, 0.717) is 5.75 Å². The van der Waals surface area contributed by atoms with Crippen LogP contribution in [0.2, 0.25) is 0 Å². The topological polar surface area (TPSA) is 110 Å². The molecule has 2 aromatic rings. The van der Waals surface area contributed by atoms with Crippen LogP contribution in [0.25, 0.3) is 0 Å². The van der Waals surface area contributed by atoms with Gasteiger partial charge in [0.15, 0.2) is 12.4 Å². The Hall–Kier alpha value is -3.36. The average molecular weight is 349 g/mol. The molecular formula is C16H16FN3O5. The van der Waals surface area contributed by atoms with Gasteiger partial charge in [0, 0.05) is 0 Å². The fourth-order valence-electron chi connectivity index (χ4n) is 1.70. The number of hydrogen-bond donors (Lipinski definition) is 3. The Bertz CT molecular complexity index is 731. The zero-order valence-corrected chi connectivity index (χ0v) is 13.2. The maximum atomic E-state index is 12.7. The first-order valence-electron chi connectivity index (χ1n) is 7.27. The average Bonchev–Trinajstić information content (AvgIpc) is 3.13. The van der Waals surface area contributed by atoms with E-state index >= 15 is 0 Å². The third-order valence-corrected chi connectivity index (χ3v) is 2.99. The third-order valence-electron chi connectivity index (χ3n) is 2.99. The first-order valence-corrected chi connectivity index (χ1v) is 7.27. The lowest BCUT2D eigenvalue weighted by atomic mass is 10.3. The molecule has 0 fully saturated rings. The van der Waals surface area contributed by atoms with Gasteiger partial charge in [0.1, 0.15) is 17.6 Å². The summed E-state index contributed by atoms with van der Waals surface area (Å²) in [4.78, 5) is 35.1. The molecule has 1 aromatic heterocycles. The maximum Gasteiger partial charge on any atom is 0.287 e. The maximum absolute atomic E-state index is 12.7. The molecule has 1 aromatic carbocycles. The standard InChI is InChI=1S/C16H16FN3O5/c1-10(18-16(23)13-3-2-8-24-13)15(22)20-19-14(21)9-25-12-6-4-11(17)5-7-12/h2-8,10H,9H2,1H3,(H,18,23)(H,19,21)(H,20,22)/t10-/m1/s1. The second-order valence-corrected chi connectivity index (χ2v) is 4.95. The van der Waals surface area contributed by atoms with Crippen LogP contribution < -0.4 is 20.9 Å². The first-order chi connectivity index (χ1) is 12.0. The summed E-state index contributed by atoms with van der Waals surface area (Å²) in [6, 6.07) is 7.21. The van der Waals surface area contributed by atoms with Crippen LogP contribution in [-0.4, -0.2) is 30.4 Å². The molecular weight excluding hydrogens is 333 g/mol. The molecule has 0 aliphatic rings. The van der Waals surface area contributed by atoms with E-state index in [1.807, 2.05) is 0 Å². The van der Waals surface area contributed by atoms with Crippen molar-refractivity contribution in [2.24, 2.45) is 0 Å². The van der Waals surface area contributed by atoms with Crippen molar-refractivity contribution in [1.82, 2.24) is 16.2 Å². The molecule has 1 heterocycles. The summed E-state index contributed by atoms with van der Waals surface area (Å²) in [5.74, 6) is -1.86. The van der Waals surface area contributed by atoms with Crippen LogP contribution in [0.15, 0.2) is 47.1 Å². The van der Waals surface area contributed by atoms with Crippen LogP contribution in [0, 0.1) is 5.82 Å². The van der Waals surface area contributed by atoms with Gasteiger partial charge in [-0.3, -0.25) is 25.2 Å². The van der Waals surface area contributed by atoms with Crippen LogP contribution in [0.3, 0.4) is 0 Å². The van der Waals surface area contributed by atoms with Gasteiger partial charge in [0.2, 0.25) is 0 Å². The molecule has 0 aliphatic heterocycles. The Labute approximate surface area is 142 Å². The fourth-order valence-corrected chi connectivity index (χ4v) is 1.70. The predicted octanol–water partition coefficient (Wildman–Crippen LogP) is 0.763. The van der Waals surface area contributed by atoms with Crippen molar-refractivity contribution >= 4 is 17.7 Å². The van der Waals surface area contributed by atoms with Crippen molar-refractivity contribution in [2.45, 2.75) is 13.0 Å². The molecule has 2 rings (SSSR count). The number of carbonyl (C=O) groups excluding carboxylic acids is 3. The van der Waals surface area contributed by atoms with Crippen molar-refractivity contribution in [3.8, 4) is 5.75 Å². The number of furan rings is 1. The summed E-state index contributed by atoms with van der Waals surface area (Å²) in [7, 11) is 0. The van der Waals surface area contributed by atoms with Crippen LogP contribution >= 0.6 is 0 Å². The third kappa shape index (κ3) is 5.65. The number of carbonyl (C=O) groups is 3. The zero-order chi connectivity index (χ0) is 18.2. The zero-order valence-electron chi connectivity index (χ0n) is 13.2. The Morgan fingerprint density at radius 1 is 1.16 bits per heavy atom. The molecule has 0 saturated carbocycles. The lowest BCUT2D eigenvalue weighted by Gasteiger charge is -2.14. The van der Waals surface area contributed by atoms with Gasteiger partial charge >= 0.3 is 0 Å². The van der Waals surface area contributed by atoms with E-state index in [-0.39, 0.29) is 12.4 Å². The minimum absolute atomic E-state index is 0.0661. The normalized spacial score (nSPS) is 11.3. The number of amides is 3. The molecule has 8 nitrogen and oxygen atoms in total. The van der Waals surface area contributed by atoms with Crippen molar-refractivity contribution in [2.75, 3.05) is 6.61 Å². The first kappa shape index (κ1) is 18.0. The lowest BCUT2D eigenvalue weighted by molar-refractivity contribution is -0.130. The van der Waals surface area contributed by atoms with Gasteiger partial charge in [-0.25, -0.2) is 4.39 Å². The van der Waals surface area contributed by atoms with Crippen molar-refractivity contribution in [3.05, 3.63) is 54.2 Å². The molecule has 3 amide bonds. The highest BCUT2D eigenvalue weighted by Crippen LogP contribution is 2.10. The smallest absolute Gasteiger partial charge is 0.287 e. The number of nitrogens with one attached hydrogen (secondary N) is 3. The number of rotatable bonds is 6. The number of hydrazine groups is 1. The van der Waals surface area contributed by atoms with E-state index in [2.05, 4.69) is 16.2 Å². The van der Waals surface area contributed by atoms with E-state index in [1.165, 1.54) is 43.5 Å². The number of halogens is 1. The molecule has 3 N–H and O–H groups in total. The second-order valence-electron chi connectivity index (χ2n) is 4.95. The molecule has 0 radical (unpaired) electrons. The van der Waals surface area contributed by atoms with Gasteiger partial charge < -0.3 is 14.5 Å². The van der Waals surface area contributed by atoms with Crippen molar-refractivity contribution < 1.29 is 27.9 Å². The van der Waals surface area contributed by atoms with Gasteiger partial charge in [-0.1, -0.05) is 0 Å². The minimum atomic E-state index is -0.907. The van der Waals surface area contributed by atoms with Crippen LogP contribution in [0.5, 0.6) is 5.75 Å². The highest BCUT2D eigenvalue weighted by atomic mass is 19.1. The molecule has 132 valence electrons. The second kappa shape index (κ2) is 8.48. The van der Waals surface area contributed by atoms with E-state index in [4.69, 9.17) is 9.15 Å². The van der Waals surface area contributed by atoms with Crippen molar-refractivity contribution in [1.29, 1.82) is 0 Å². The van der Waals surface area contributed by atoms with Gasteiger partial charge in [-0.2, -0.15) is 0 Å². The molecule has 1 atom stereocenters. The fraction of sp³-hybridized carbons (Fsp3) is 0.188. The monoisotopic (exact) mass is 349 g/mol. The van der Waals surface area contributed by atoms with Crippen LogP contribution in [-0.2, 0) is 9.59 Å². The number of ether oxygens (including phenoxy) is 1. The quantitative estimate of drug-likeness (QED) is 0.667. The predicted molar refractivity (Wildman–Crippen MR) is 83.8 cm³/mol. The minimum Gasteiger partial charge on any atom is -0.484 e. The number of hydrogen-bond acceptors (Lipinski definition) is 5. The summed E-state index contributed by atoms with van der Waals surface area (Å²) in [5, 5.41) is 2.41. The summed E-state index contributed by atoms with van der Waals surface area (Å²) in [6.45, 7) is 1.07. The molecule has 0 spiro atoms. The van der Waals surface area contributed by atoms with Gasteiger partial charge in [0.05, 0.1) is 6.26 Å².